The van der Waals surface area contributed by atoms with Gasteiger partial charge in [0.05, 0.1) is 11.8 Å². The van der Waals surface area contributed by atoms with Crippen LogP contribution >= 0.6 is 0 Å². The molecule has 1 aliphatic carbocycles. The molecule has 6 nitrogen and oxygen atoms in total. The minimum atomic E-state index is -0.0522. The first-order chi connectivity index (χ1) is 14.7. The normalized spacial score (nSPS) is 16.5. The molecule has 0 unspecified atom stereocenters. The summed E-state index contributed by atoms with van der Waals surface area (Å²) in [5, 5.41) is 0. The van der Waals surface area contributed by atoms with Crippen molar-refractivity contribution >= 4 is 11.8 Å². The number of carbonyl (C=O) groups is 2. The van der Waals surface area contributed by atoms with E-state index in [0.29, 0.717) is 49.0 Å². The van der Waals surface area contributed by atoms with Gasteiger partial charge in [-0.05, 0) is 25.0 Å². The minimum absolute atomic E-state index is 0.0522. The molecule has 1 aliphatic heterocycles. The molecule has 0 spiro atoms. The molecular weight excluding hydrogens is 378 g/mol. The third-order valence-corrected chi connectivity index (χ3v) is 5.76. The number of rotatable bonds is 4. The maximum Gasteiger partial charge on any atom is 0.254 e. The molecule has 0 atom stereocenters. The van der Waals surface area contributed by atoms with E-state index >= 15 is 0 Å². The summed E-state index contributed by atoms with van der Waals surface area (Å²) in [4.78, 5) is 33.6. The number of aromatic nitrogens is 1. The average molecular weight is 401 g/mol. The van der Waals surface area contributed by atoms with E-state index in [1.807, 2.05) is 64.4 Å². The van der Waals surface area contributed by atoms with E-state index in [-0.39, 0.29) is 17.7 Å². The first kappa shape index (κ1) is 18.6. The Hall–Kier alpha value is -3.41. The fourth-order valence-electron chi connectivity index (χ4n) is 3.88. The van der Waals surface area contributed by atoms with Gasteiger partial charge in [-0.3, -0.25) is 9.59 Å². The smallest absolute Gasteiger partial charge is 0.254 e. The Labute approximate surface area is 175 Å². The second-order valence-electron chi connectivity index (χ2n) is 7.83. The standard InChI is InChI=1S/C24H23N3O3/c28-23(18-10-11-18)26-12-14-27(15-13-26)24(29)20-9-5-4-8-19(20)22-25-16-21(30-22)17-6-2-1-3-7-17/h1-9,16,18H,10-15H2. The summed E-state index contributed by atoms with van der Waals surface area (Å²) >= 11 is 0. The zero-order chi connectivity index (χ0) is 20.5. The van der Waals surface area contributed by atoms with Gasteiger partial charge in [-0.1, -0.05) is 42.5 Å². The highest BCUT2D eigenvalue weighted by Gasteiger charge is 2.35. The van der Waals surface area contributed by atoms with Crippen LogP contribution in [0.25, 0.3) is 22.8 Å². The molecule has 0 radical (unpaired) electrons. The monoisotopic (exact) mass is 401 g/mol. The van der Waals surface area contributed by atoms with E-state index in [1.54, 1.807) is 6.20 Å². The maximum absolute atomic E-state index is 13.2. The predicted molar refractivity (Wildman–Crippen MR) is 113 cm³/mol. The van der Waals surface area contributed by atoms with Gasteiger partial charge in [0.15, 0.2) is 5.76 Å². The van der Waals surface area contributed by atoms with Gasteiger partial charge in [-0.25, -0.2) is 4.98 Å². The maximum atomic E-state index is 13.2. The highest BCUT2D eigenvalue weighted by molar-refractivity contribution is 6.00. The summed E-state index contributed by atoms with van der Waals surface area (Å²) in [7, 11) is 0. The number of nitrogens with zero attached hydrogens (tertiary/aromatic N) is 3. The molecule has 2 amide bonds. The number of piperazine rings is 1. The van der Waals surface area contributed by atoms with Crippen LogP contribution < -0.4 is 0 Å². The molecular formula is C24H23N3O3. The highest BCUT2D eigenvalue weighted by atomic mass is 16.4. The SMILES string of the molecule is O=C(c1ccccc1-c1ncc(-c2ccccc2)o1)N1CCN(C(=O)C2CC2)CC1. The molecule has 5 rings (SSSR count). The van der Waals surface area contributed by atoms with Crippen molar-refractivity contribution in [3.8, 4) is 22.8 Å². The summed E-state index contributed by atoms with van der Waals surface area (Å²) in [5.41, 5.74) is 2.19. The lowest BCUT2D eigenvalue weighted by atomic mass is 10.1. The van der Waals surface area contributed by atoms with Gasteiger partial charge in [-0.2, -0.15) is 0 Å². The lowest BCUT2D eigenvalue weighted by molar-refractivity contribution is -0.134. The summed E-state index contributed by atoms with van der Waals surface area (Å²) in [6, 6.07) is 17.2. The van der Waals surface area contributed by atoms with Crippen molar-refractivity contribution < 1.29 is 14.0 Å². The van der Waals surface area contributed by atoms with Crippen LogP contribution in [-0.4, -0.2) is 52.8 Å². The van der Waals surface area contributed by atoms with Gasteiger partial charge < -0.3 is 14.2 Å². The molecule has 2 heterocycles. The van der Waals surface area contributed by atoms with Crippen molar-refractivity contribution in [1.82, 2.24) is 14.8 Å². The summed E-state index contributed by atoms with van der Waals surface area (Å²) < 4.78 is 5.98. The fraction of sp³-hybridized carbons (Fsp3) is 0.292. The molecule has 2 fully saturated rings. The molecule has 1 aromatic heterocycles. The van der Waals surface area contributed by atoms with Crippen LogP contribution in [0.2, 0.25) is 0 Å². The van der Waals surface area contributed by atoms with Crippen molar-refractivity contribution in [2.24, 2.45) is 5.92 Å². The van der Waals surface area contributed by atoms with E-state index in [0.717, 1.165) is 18.4 Å². The Morgan fingerprint density at radius 2 is 1.53 bits per heavy atom. The first-order valence-corrected chi connectivity index (χ1v) is 10.4. The zero-order valence-corrected chi connectivity index (χ0v) is 16.7. The predicted octanol–water partition coefficient (Wildman–Crippen LogP) is 3.70. The third kappa shape index (κ3) is 3.61. The lowest BCUT2D eigenvalue weighted by Crippen LogP contribution is -2.51. The number of hydrogen-bond acceptors (Lipinski definition) is 4. The summed E-state index contributed by atoms with van der Waals surface area (Å²) in [5.74, 6) is 1.51. The highest BCUT2D eigenvalue weighted by Crippen LogP contribution is 2.32. The number of amides is 2. The second kappa shape index (κ2) is 7.78. The Morgan fingerprint density at radius 3 is 2.27 bits per heavy atom. The Morgan fingerprint density at radius 1 is 0.867 bits per heavy atom. The van der Waals surface area contributed by atoms with Gasteiger partial charge in [0.2, 0.25) is 11.8 Å². The average Bonchev–Trinajstić information content (AvgIpc) is 3.55. The van der Waals surface area contributed by atoms with Crippen molar-refractivity contribution in [2.45, 2.75) is 12.8 Å². The van der Waals surface area contributed by atoms with E-state index in [1.165, 1.54) is 0 Å². The van der Waals surface area contributed by atoms with Gasteiger partial charge in [0, 0.05) is 43.2 Å². The molecule has 2 aliphatic rings. The molecule has 1 saturated heterocycles. The first-order valence-electron chi connectivity index (χ1n) is 10.4. The van der Waals surface area contributed by atoms with Crippen LogP contribution in [-0.2, 0) is 4.79 Å². The second-order valence-corrected chi connectivity index (χ2v) is 7.83. The molecule has 1 saturated carbocycles. The minimum Gasteiger partial charge on any atom is -0.436 e. The Bertz CT molecular complexity index is 1060. The number of carbonyl (C=O) groups excluding carboxylic acids is 2. The molecule has 30 heavy (non-hydrogen) atoms. The van der Waals surface area contributed by atoms with Crippen molar-refractivity contribution in [3.05, 3.63) is 66.4 Å². The Balaban J connectivity index is 1.34. The van der Waals surface area contributed by atoms with Crippen LogP contribution in [0.3, 0.4) is 0 Å². The third-order valence-electron chi connectivity index (χ3n) is 5.76. The fourth-order valence-corrected chi connectivity index (χ4v) is 3.88. The van der Waals surface area contributed by atoms with Gasteiger partial charge >= 0.3 is 0 Å². The largest absolute Gasteiger partial charge is 0.436 e. The summed E-state index contributed by atoms with van der Waals surface area (Å²) in [6.07, 6.45) is 3.70. The summed E-state index contributed by atoms with van der Waals surface area (Å²) in [6.45, 7) is 2.29. The van der Waals surface area contributed by atoms with Crippen molar-refractivity contribution in [3.63, 3.8) is 0 Å². The number of benzene rings is 2. The van der Waals surface area contributed by atoms with Crippen LogP contribution in [0.15, 0.2) is 65.2 Å². The molecule has 2 aromatic carbocycles. The topological polar surface area (TPSA) is 66.7 Å². The number of oxazole rings is 1. The van der Waals surface area contributed by atoms with Gasteiger partial charge in [0.1, 0.15) is 0 Å². The molecule has 3 aromatic rings. The number of hydrogen-bond donors (Lipinski definition) is 0. The molecule has 0 bridgehead atoms. The molecule has 6 heteroatoms. The molecule has 152 valence electrons. The quantitative estimate of drug-likeness (QED) is 0.669. The van der Waals surface area contributed by atoms with Gasteiger partial charge in [-0.15, -0.1) is 0 Å². The van der Waals surface area contributed by atoms with Crippen LogP contribution in [0.4, 0.5) is 0 Å². The van der Waals surface area contributed by atoms with Crippen molar-refractivity contribution in [1.29, 1.82) is 0 Å². The van der Waals surface area contributed by atoms with Crippen LogP contribution in [0.5, 0.6) is 0 Å². The molecule has 0 N–H and O–H groups in total. The van der Waals surface area contributed by atoms with Crippen molar-refractivity contribution in [2.75, 3.05) is 26.2 Å². The van der Waals surface area contributed by atoms with E-state index in [9.17, 15) is 9.59 Å². The van der Waals surface area contributed by atoms with Gasteiger partial charge in [0.25, 0.3) is 5.91 Å². The van der Waals surface area contributed by atoms with E-state index < -0.39 is 0 Å². The van der Waals surface area contributed by atoms with Crippen LogP contribution in [0, 0.1) is 5.92 Å². The van der Waals surface area contributed by atoms with Crippen LogP contribution in [0.1, 0.15) is 23.2 Å². The Kier molecular flexibility index (Phi) is 4.83. The lowest BCUT2D eigenvalue weighted by Gasteiger charge is -2.35. The zero-order valence-electron chi connectivity index (χ0n) is 16.7. The van der Waals surface area contributed by atoms with E-state index in [2.05, 4.69) is 4.98 Å². The van der Waals surface area contributed by atoms with E-state index in [4.69, 9.17) is 4.42 Å².